The summed E-state index contributed by atoms with van der Waals surface area (Å²) in [7, 11) is 0. The molecular weight excluding hydrogens is 228 g/mol. The molecule has 0 aliphatic rings. The molecule has 6 heteroatoms. The van der Waals surface area contributed by atoms with Crippen LogP contribution in [-0.4, -0.2) is 10.3 Å². The molecule has 1 N–H and O–H groups in total. The predicted molar refractivity (Wildman–Crippen MR) is 55.9 cm³/mol. The molecule has 0 saturated carbocycles. The summed E-state index contributed by atoms with van der Waals surface area (Å²) in [5.41, 5.74) is 1.61. The van der Waals surface area contributed by atoms with Gasteiger partial charge in [-0.15, -0.1) is 0 Å². The normalized spacial score (nSPS) is 10.8. The fraction of sp³-hybridized carbons (Fsp3) is 0.273. The van der Waals surface area contributed by atoms with Crippen molar-refractivity contribution in [2.45, 2.75) is 20.0 Å². The van der Waals surface area contributed by atoms with E-state index in [-0.39, 0.29) is 12.1 Å². The van der Waals surface area contributed by atoms with Gasteiger partial charge in [0.15, 0.2) is 0 Å². The molecule has 1 aromatic heterocycles. The lowest BCUT2D eigenvalue weighted by Crippen LogP contribution is -2.14. The topological polar surface area (TPSA) is 51.0 Å². The predicted octanol–water partition coefficient (Wildman–Crippen LogP) is 1.95. The number of hydrogen-bond acceptors (Lipinski definition) is 4. The van der Waals surface area contributed by atoms with E-state index in [0.29, 0.717) is 17.9 Å². The van der Waals surface area contributed by atoms with Crippen LogP contribution < -0.4 is 5.32 Å². The van der Waals surface area contributed by atoms with Crippen molar-refractivity contribution in [3.05, 3.63) is 46.8 Å². The maximum absolute atomic E-state index is 13.3. The summed E-state index contributed by atoms with van der Waals surface area (Å²) in [6, 6.07) is 3.36. The fourth-order valence-corrected chi connectivity index (χ4v) is 1.40. The van der Waals surface area contributed by atoms with Crippen molar-refractivity contribution in [2.24, 2.45) is 0 Å². The van der Waals surface area contributed by atoms with Crippen LogP contribution in [-0.2, 0) is 13.1 Å². The zero-order chi connectivity index (χ0) is 12.3. The average Bonchev–Trinajstić information content (AvgIpc) is 2.70. The first kappa shape index (κ1) is 11.7. The van der Waals surface area contributed by atoms with E-state index in [1.54, 1.807) is 6.92 Å². The van der Waals surface area contributed by atoms with Gasteiger partial charge in [-0.05, 0) is 25.1 Å². The summed E-state index contributed by atoms with van der Waals surface area (Å²) in [4.78, 5) is 0. The highest BCUT2D eigenvalue weighted by Crippen LogP contribution is 2.09. The van der Waals surface area contributed by atoms with Crippen LogP contribution in [0.2, 0.25) is 0 Å². The monoisotopic (exact) mass is 239 g/mol. The van der Waals surface area contributed by atoms with E-state index in [0.717, 1.165) is 18.2 Å². The quantitative estimate of drug-likeness (QED) is 0.885. The first-order valence-electron chi connectivity index (χ1n) is 5.09. The zero-order valence-corrected chi connectivity index (χ0v) is 9.20. The Labute approximate surface area is 96.6 Å². The third-order valence-corrected chi connectivity index (χ3v) is 2.36. The molecule has 0 aliphatic heterocycles. The Morgan fingerprint density at radius 3 is 2.76 bits per heavy atom. The molecule has 0 radical (unpaired) electrons. The molecule has 0 saturated heterocycles. The Hall–Kier alpha value is -1.82. The zero-order valence-electron chi connectivity index (χ0n) is 9.20. The summed E-state index contributed by atoms with van der Waals surface area (Å²) >= 11 is 0. The minimum atomic E-state index is -0.456. The van der Waals surface area contributed by atoms with Crippen LogP contribution in [0, 0.1) is 18.6 Å². The van der Waals surface area contributed by atoms with Crippen LogP contribution >= 0.6 is 0 Å². The molecule has 0 amide bonds. The van der Waals surface area contributed by atoms with Gasteiger partial charge in [0.1, 0.15) is 23.0 Å². The highest BCUT2D eigenvalue weighted by atomic mass is 19.1. The standard InChI is InChI=1S/C11H11F2N3O/c1-7-11(16-17-15-7)6-14-5-8-4-9(12)2-3-10(8)13/h2-4,14H,5-6H2,1H3. The van der Waals surface area contributed by atoms with E-state index in [9.17, 15) is 8.78 Å². The number of aromatic nitrogens is 2. The molecule has 90 valence electrons. The molecule has 0 fully saturated rings. The van der Waals surface area contributed by atoms with Crippen LogP contribution in [0.25, 0.3) is 0 Å². The van der Waals surface area contributed by atoms with Crippen LogP contribution in [0.15, 0.2) is 22.8 Å². The van der Waals surface area contributed by atoms with Crippen molar-refractivity contribution in [1.82, 2.24) is 15.6 Å². The summed E-state index contributed by atoms with van der Waals surface area (Å²) in [6.45, 7) is 2.37. The second kappa shape index (κ2) is 5.01. The minimum absolute atomic E-state index is 0.218. The molecular formula is C11H11F2N3O. The van der Waals surface area contributed by atoms with Crippen LogP contribution in [0.3, 0.4) is 0 Å². The molecule has 0 unspecified atom stereocenters. The molecule has 4 nitrogen and oxygen atoms in total. The molecule has 0 spiro atoms. The van der Waals surface area contributed by atoms with Gasteiger partial charge in [0.25, 0.3) is 0 Å². The van der Waals surface area contributed by atoms with Crippen molar-refractivity contribution in [3.63, 3.8) is 0 Å². The highest BCUT2D eigenvalue weighted by molar-refractivity contribution is 5.18. The van der Waals surface area contributed by atoms with Gasteiger partial charge < -0.3 is 5.32 Å². The molecule has 0 atom stereocenters. The van der Waals surface area contributed by atoms with Crippen molar-refractivity contribution in [1.29, 1.82) is 0 Å². The van der Waals surface area contributed by atoms with Gasteiger partial charge in [0, 0.05) is 18.7 Å². The van der Waals surface area contributed by atoms with Crippen LogP contribution in [0.4, 0.5) is 8.78 Å². The Kier molecular flexibility index (Phi) is 3.43. The molecule has 0 bridgehead atoms. The van der Waals surface area contributed by atoms with E-state index < -0.39 is 11.6 Å². The lowest BCUT2D eigenvalue weighted by Gasteiger charge is -2.04. The minimum Gasteiger partial charge on any atom is -0.307 e. The first-order chi connectivity index (χ1) is 8.16. The van der Waals surface area contributed by atoms with E-state index >= 15 is 0 Å². The summed E-state index contributed by atoms with van der Waals surface area (Å²) in [6.07, 6.45) is 0. The van der Waals surface area contributed by atoms with Gasteiger partial charge in [-0.2, -0.15) is 0 Å². The lowest BCUT2D eigenvalue weighted by molar-refractivity contribution is 0.300. The smallest absolute Gasteiger partial charge is 0.127 e. The van der Waals surface area contributed by atoms with Gasteiger partial charge in [-0.1, -0.05) is 10.3 Å². The Balaban J connectivity index is 1.94. The second-order valence-electron chi connectivity index (χ2n) is 3.64. The Morgan fingerprint density at radius 2 is 2.06 bits per heavy atom. The largest absolute Gasteiger partial charge is 0.307 e. The van der Waals surface area contributed by atoms with Gasteiger partial charge in [-0.3, -0.25) is 0 Å². The summed E-state index contributed by atoms with van der Waals surface area (Å²) < 4.78 is 30.7. The maximum atomic E-state index is 13.3. The van der Waals surface area contributed by atoms with Crippen molar-refractivity contribution in [2.75, 3.05) is 0 Å². The van der Waals surface area contributed by atoms with Crippen molar-refractivity contribution < 1.29 is 13.4 Å². The number of halogens is 2. The number of nitrogens with one attached hydrogen (secondary N) is 1. The summed E-state index contributed by atoms with van der Waals surface area (Å²) in [5, 5.41) is 10.2. The Bertz CT molecular complexity index is 513. The number of hydrogen-bond donors (Lipinski definition) is 1. The van der Waals surface area contributed by atoms with Crippen LogP contribution in [0.1, 0.15) is 17.0 Å². The third kappa shape index (κ3) is 2.85. The van der Waals surface area contributed by atoms with Crippen LogP contribution in [0.5, 0.6) is 0 Å². The molecule has 1 aromatic carbocycles. The molecule has 17 heavy (non-hydrogen) atoms. The number of benzene rings is 1. The van der Waals surface area contributed by atoms with E-state index in [1.165, 1.54) is 0 Å². The first-order valence-corrected chi connectivity index (χ1v) is 5.09. The number of nitrogens with zero attached hydrogens (tertiary/aromatic N) is 2. The average molecular weight is 239 g/mol. The van der Waals surface area contributed by atoms with Gasteiger partial charge in [-0.25, -0.2) is 13.4 Å². The Morgan fingerprint density at radius 1 is 1.24 bits per heavy atom. The van der Waals surface area contributed by atoms with E-state index in [4.69, 9.17) is 0 Å². The highest BCUT2D eigenvalue weighted by Gasteiger charge is 2.06. The SMILES string of the molecule is Cc1nonc1CNCc1cc(F)ccc1F. The fourth-order valence-electron chi connectivity index (χ4n) is 1.40. The molecule has 1 heterocycles. The van der Waals surface area contributed by atoms with E-state index in [1.807, 2.05) is 0 Å². The maximum Gasteiger partial charge on any atom is 0.127 e. The molecule has 2 aromatic rings. The van der Waals surface area contributed by atoms with Gasteiger partial charge in [0.2, 0.25) is 0 Å². The molecule has 0 aliphatic carbocycles. The lowest BCUT2D eigenvalue weighted by atomic mass is 10.2. The third-order valence-electron chi connectivity index (χ3n) is 2.36. The summed E-state index contributed by atoms with van der Waals surface area (Å²) in [5.74, 6) is -0.892. The van der Waals surface area contributed by atoms with Crippen molar-refractivity contribution >= 4 is 0 Å². The number of aryl methyl sites for hydroxylation is 1. The second-order valence-corrected chi connectivity index (χ2v) is 3.64. The molecule has 2 rings (SSSR count). The van der Waals surface area contributed by atoms with Gasteiger partial charge >= 0.3 is 0 Å². The van der Waals surface area contributed by atoms with Crippen molar-refractivity contribution in [3.8, 4) is 0 Å². The van der Waals surface area contributed by atoms with E-state index in [2.05, 4.69) is 20.3 Å². The van der Waals surface area contributed by atoms with Gasteiger partial charge in [0.05, 0.1) is 0 Å². The number of rotatable bonds is 4.